The molecule has 0 heterocycles. The lowest BCUT2D eigenvalue weighted by Crippen LogP contribution is -2.38. The van der Waals surface area contributed by atoms with E-state index in [1.54, 1.807) is 0 Å². The Balaban J connectivity index is 2.58. The minimum atomic E-state index is -0.483. The number of rotatable bonds is 10. The van der Waals surface area contributed by atoms with E-state index in [0.717, 1.165) is 37.7 Å². The van der Waals surface area contributed by atoms with Crippen LogP contribution < -0.4 is 0 Å². The molecule has 1 rings (SSSR count). The highest BCUT2D eigenvalue weighted by molar-refractivity contribution is 5.74. The second-order valence-corrected chi connectivity index (χ2v) is 7.49. The normalized spacial score (nSPS) is 11.2. The molecule has 0 fully saturated rings. The van der Waals surface area contributed by atoms with Crippen molar-refractivity contribution in [3.05, 3.63) is 35.4 Å². The molecule has 0 unspecified atom stereocenters. The monoisotopic (exact) mass is 347 g/mol. The molecule has 0 bridgehead atoms. The van der Waals surface area contributed by atoms with Crippen LogP contribution in [0, 0.1) is 0 Å². The van der Waals surface area contributed by atoms with Gasteiger partial charge in [0.15, 0.2) is 0 Å². The fourth-order valence-electron chi connectivity index (χ4n) is 2.55. The zero-order chi connectivity index (χ0) is 18.7. The molecule has 0 aliphatic heterocycles. The maximum Gasteiger partial charge on any atom is 0.410 e. The summed E-state index contributed by atoms with van der Waals surface area (Å²) in [7, 11) is 0. The predicted molar refractivity (Wildman–Crippen MR) is 102 cm³/mol. The van der Waals surface area contributed by atoms with E-state index in [4.69, 9.17) is 4.74 Å². The maximum atomic E-state index is 12.5. The first-order valence-electron chi connectivity index (χ1n) is 9.37. The molecule has 1 aromatic rings. The zero-order valence-corrected chi connectivity index (χ0v) is 16.2. The average Bonchev–Trinajstić information content (AvgIpc) is 2.56. The molecule has 0 saturated carbocycles. The summed E-state index contributed by atoms with van der Waals surface area (Å²) in [6, 6.07) is 7.51. The average molecular weight is 347 g/mol. The van der Waals surface area contributed by atoms with Crippen LogP contribution in [0.15, 0.2) is 24.3 Å². The third kappa shape index (κ3) is 9.28. The fraction of sp³-hybridized carbons (Fsp3) is 0.619. The van der Waals surface area contributed by atoms with Crippen LogP contribution in [0.5, 0.6) is 0 Å². The SMILES string of the molecule is CCCCCCCN(CCc1ccc(C=O)cc1)C(=O)OC(C)(C)C. The lowest BCUT2D eigenvalue weighted by atomic mass is 10.1. The van der Waals surface area contributed by atoms with Crippen molar-refractivity contribution in [2.24, 2.45) is 0 Å². The number of unbranched alkanes of at least 4 members (excludes halogenated alkanes) is 4. The number of amides is 1. The number of hydrogen-bond acceptors (Lipinski definition) is 3. The molecule has 4 nitrogen and oxygen atoms in total. The van der Waals surface area contributed by atoms with Gasteiger partial charge < -0.3 is 9.64 Å². The van der Waals surface area contributed by atoms with Gasteiger partial charge in [0.25, 0.3) is 0 Å². The number of aldehydes is 1. The van der Waals surface area contributed by atoms with E-state index < -0.39 is 5.60 Å². The molecule has 0 radical (unpaired) electrons. The van der Waals surface area contributed by atoms with Crippen molar-refractivity contribution in [3.63, 3.8) is 0 Å². The summed E-state index contributed by atoms with van der Waals surface area (Å²) in [6.07, 6.45) is 7.17. The Kier molecular flexibility index (Phi) is 9.25. The summed E-state index contributed by atoms with van der Waals surface area (Å²) in [5.74, 6) is 0. The Morgan fingerprint density at radius 1 is 1.04 bits per heavy atom. The standard InChI is InChI=1S/C21H33NO3/c1-5-6-7-8-9-15-22(20(24)25-21(2,3)4)16-14-18-10-12-19(17-23)13-11-18/h10-13,17H,5-9,14-16H2,1-4H3. The largest absolute Gasteiger partial charge is 0.444 e. The van der Waals surface area contributed by atoms with Crippen molar-refractivity contribution < 1.29 is 14.3 Å². The molecule has 0 aromatic heterocycles. The van der Waals surface area contributed by atoms with Gasteiger partial charge in [-0.3, -0.25) is 4.79 Å². The summed E-state index contributed by atoms with van der Waals surface area (Å²) < 4.78 is 5.54. The third-order valence-corrected chi connectivity index (χ3v) is 3.97. The van der Waals surface area contributed by atoms with E-state index in [1.807, 2.05) is 49.9 Å². The van der Waals surface area contributed by atoms with Crippen molar-refractivity contribution in [2.45, 2.75) is 71.8 Å². The highest BCUT2D eigenvalue weighted by atomic mass is 16.6. The Hall–Kier alpha value is -1.84. The number of benzene rings is 1. The number of hydrogen-bond donors (Lipinski definition) is 0. The molecule has 140 valence electrons. The summed E-state index contributed by atoms with van der Waals surface area (Å²) in [5.41, 5.74) is 1.30. The number of carbonyl (C=O) groups is 2. The molecule has 1 amide bonds. The molecular formula is C21H33NO3. The van der Waals surface area contributed by atoms with Crippen LogP contribution >= 0.6 is 0 Å². The van der Waals surface area contributed by atoms with Crippen LogP contribution in [-0.4, -0.2) is 36.0 Å². The van der Waals surface area contributed by atoms with Crippen LogP contribution in [0.2, 0.25) is 0 Å². The topological polar surface area (TPSA) is 46.6 Å². The molecule has 0 N–H and O–H groups in total. The van der Waals surface area contributed by atoms with Gasteiger partial charge in [0, 0.05) is 18.7 Å². The van der Waals surface area contributed by atoms with E-state index in [9.17, 15) is 9.59 Å². The van der Waals surface area contributed by atoms with Gasteiger partial charge in [0.1, 0.15) is 11.9 Å². The number of nitrogens with zero attached hydrogens (tertiary/aromatic N) is 1. The van der Waals surface area contributed by atoms with Crippen LogP contribution in [0.3, 0.4) is 0 Å². The molecular weight excluding hydrogens is 314 g/mol. The van der Waals surface area contributed by atoms with Crippen molar-refractivity contribution in [1.82, 2.24) is 4.90 Å². The van der Waals surface area contributed by atoms with Gasteiger partial charge in [-0.2, -0.15) is 0 Å². The minimum absolute atomic E-state index is 0.243. The lowest BCUT2D eigenvalue weighted by molar-refractivity contribution is 0.0248. The van der Waals surface area contributed by atoms with Gasteiger partial charge in [-0.1, -0.05) is 56.9 Å². The predicted octanol–water partition coefficient (Wildman–Crippen LogP) is 5.25. The van der Waals surface area contributed by atoms with Gasteiger partial charge in [0.05, 0.1) is 0 Å². The first kappa shape index (κ1) is 21.2. The van der Waals surface area contributed by atoms with Gasteiger partial charge >= 0.3 is 6.09 Å². The molecule has 0 atom stereocenters. The van der Waals surface area contributed by atoms with E-state index in [-0.39, 0.29) is 6.09 Å². The van der Waals surface area contributed by atoms with Crippen molar-refractivity contribution in [3.8, 4) is 0 Å². The highest BCUT2D eigenvalue weighted by Gasteiger charge is 2.21. The summed E-state index contributed by atoms with van der Waals surface area (Å²) in [5, 5.41) is 0. The third-order valence-electron chi connectivity index (χ3n) is 3.97. The Bertz CT molecular complexity index is 517. The summed E-state index contributed by atoms with van der Waals surface area (Å²) in [4.78, 5) is 25.0. The maximum absolute atomic E-state index is 12.5. The molecule has 25 heavy (non-hydrogen) atoms. The Labute approximate surface area is 152 Å². The quantitative estimate of drug-likeness (QED) is 0.429. The molecule has 4 heteroatoms. The van der Waals surface area contributed by atoms with Gasteiger partial charge in [-0.25, -0.2) is 4.79 Å². The summed E-state index contributed by atoms with van der Waals surface area (Å²) >= 11 is 0. The Morgan fingerprint density at radius 3 is 2.24 bits per heavy atom. The van der Waals surface area contributed by atoms with Crippen LogP contribution in [0.25, 0.3) is 0 Å². The van der Waals surface area contributed by atoms with Crippen LogP contribution in [-0.2, 0) is 11.2 Å². The van der Waals surface area contributed by atoms with Crippen molar-refractivity contribution in [1.29, 1.82) is 0 Å². The molecule has 0 aliphatic rings. The minimum Gasteiger partial charge on any atom is -0.444 e. The lowest BCUT2D eigenvalue weighted by Gasteiger charge is -2.27. The first-order chi connectivity index (χ1) is 11.9. The zero-order valence-electron chi connectivity index (χ0n) is 16.2. The van der Waals surface area contributed by atoms with Crippen molar-refractivity contribution >= 4 is 12.4 Å². The van der Waals surface area contributed by atoms with E-state index in [2.05, 4.69) is 6.92 Å². The van der Waals surface area contributed by atoms with E-state index in [0.29, 0.717) is 12.1 Å². The molecule has 0 spiro atoms. The Morgan fingerprint density at radius 2 is 1.68 bits per heavy atom. The van der Waals surface area contributed by atoms with Crippen molar-refractivity contribution in [2.75, 3.05) is 13.1 Å². The van der Waals surface area contributed by atoms with Gasteiger partial charge in [-0.05, 0) is 39.2 Å². The van der Waals surface area contributed by atoms with Crippen LogP contribution in [0.1, 0.15) is 75.7 Å². The van der Waals surface area contributed by atoms with Gasteiger partial charge in [0.2, 0.25) is 0 Å². The smallest absolute Gasteiger partial charge is 0.410 e. The summed E-state index contributed by atoms with van der Waals surface area (Å²) in [6.45, 7) is 9.23. The second-order valence-electron chi connectivity index (χ2n) is 7.49. The molecule has 0 aliphatic carbocycles. The highest BCUT2D eigenvalue weighted by Crippen LogP contribution is 2.13. The fourth-order valence-corrected chi connectivity index (χ4v) is 2.55. The van der Waals surface area contributed by atoms with Gasteiger partial charge in [-0.15, -0.1) is 0 Å². The molecule has 1 aromatic carbocycles. The first-order valence-corrected chi connectivity index (χ1v) is 9.37. The van der Waals surface area contributed by atoms with E-state index >= 15 is 0 Å². The van der Waals surface area contributed by atoms with Crippen LogP contribution in [0.4, 0.5) is 4.79 Å². The second kappa shape index (κ2) is 10.9. The molecule has 0 saturated heterocycles. The van der Waals surface area contributed by atoms with E-state index in [1.165, 1.54) is 19.3 Å². The number of carbonyl (C=O) groups excluding carboxylic acids is 2. The number of ether oxygens (including phenoxy) is 1.